The van der Waals surface area contributed by atoms with Crippen molar-refractivity contribution < 1.29 is 5.11 Å². The standard InChI is InChI=1S/C31H37ClN2O2/c1-30(2,3)22-11-12-24(32)26-27(22)34-25-13-10-21(20-9-7-8-19(16-20)18-35)17-23(25)31(14-5-4-6-15-31)29(34)33-28(26)36/h10-13,17,19-20,35H,4-9,14-16,18H2,1-3H3. The van der Waals surface area contributed by atoms with Crippen molar-refractivity contribution in [2.24, 2.45) is 5.92 Å². The van der Waals surface area contributed by atoms with Crippen LogP contribution in [0.25, 0.3) is 16.6 Å². The Labute approximate surface area is 218 Å². The summed E-state index contributed by atoms with van der Waals surface area (Å²) in [6.45, 7) is 6.88. The Morgan fingerprint density at radius 1 is 1.08 bits per heavy atom. The minimum atomic E-state index is -0.223. The number of aliphatic hydroxyl groups is 1. The highest BCUT2D eigenvalue weighted by Gasteiger charge is 2.47. The van der Waals surface area contributed by atoms with Gasteiger partial charge in [-0.3, -0.25) is 9.36 Å². The van der Waals surface area contributed by atoms with Gasteiger partial charge in [-0.2, -0.15) is 4.98 Å². The van der Waals surface area contributed by atoms with E-state index < -0.39 is 0 Å². The molecule has 36 heavy (non-hydrogen) atoms. The van der Waals surface area contributed by atoms with E-state index in [-0.39, 0.29) is 23.0 Å². The van der Waals surface area contributed by atoms with Crippen molar-refractivity contribution >= 4 is 22.5 Å². The van der Waals surface area contributed by atoms with E-state index in [0.29, 0.717) is 22.2 Å². The molecule has 0 saturated heterocycles. The molecular formula is C31H37ClN2O2. The number of halogens is 1. The highest BCUT2D eigenvalue weighted by Crippen LogP contribution is 2.53. The summed E-state index contributed by atoms with van der Waals surface area (Å²) in [6.07, 6.45) is 10.1. The summed E-state index contributed by atoms with van der Waals surface area (Å²) in [7, 11) is 0. The van der Waals surface area contributed by atoms with Crippen LogP contribution >= 0.6 is 11.6 Å². The molecule has 4 nitrogen and oxygen atoms in total. The summed E-state index contributed by atoms with van der Waals surface area (Å²) in [5, 5.41) is 10.8. The van der Waals surface area contributed by atoms with Gasteiger partial charge in [0.15, 0.2) is 0 Å². The monoisotopic (exact) mass is 504 g/mol. The average Bonchev–Trinajstić information content (AvgIpc) is 3.12. The molecule has 6 rings (SSSR count). The largest absolute Gasteiger partial charge is 0.396 e. The lowest BCUT2D eigenvalue weighted by molar-refractivity contribution is 0.180. The molecule has 0 radical (unpaired) electrons. The van der Waals surface area contributed by atoms with Crippen LogP contribution in [0.4, 0.5) is 0 Å². The van der Waals surface area contributed by atoms with Crippen molar-refractivity contribution in [2.45, 2.75) is 95.3 Å². The summed E-state index contributed by atoms with van der Waals surface area (Å²) >= 11 is 6.67. The summed E-state index contributed by atoms with van der Waals surface area (Å²) < 4.78 is 2.30. The van der Waals surface area contributed by atoms with Crippen molar-refractivity contribution in [1.29, 1.82) is 0 Å². The lowest BCUT2D eigenvalue weighted by Gasteiger charge is -2.34. The zero-order chi connectivity index (χ0) is 25.2. The van der Waals surface area contributed by atoms with Gasteiger partial charge in [-0.1, -0.05) is 76.3 Å². The summed E-state index contributed by atoms with van der Waals surface area (Å²) in [6, 6.07) is 11.0. The van der Waals surface area contributed by atoms with E-state index in [2.05, 4.69) is 49.6 Å². The van der Waals surface area contributed by atoms with Crippen LogP contribution in [0.5, 0.6) is 0 Å². The Hall–Kier alpha value is -2.17. The maximum Gasteiger partial charge on any atom is 0.282 e. The van der Waals surface area contributed by atoms with Crippen LogP contribution in [0.2, 0.25) is 5.02 Å². The van der Waals surface area contributed by atoms with Crippen molar-refractivity contribution in [3.63, 3.8) is 0 Å². The lowest BCUT2D eigenvalue weighted by Crippen LogP contribution is -2.32. The minimum absolute atomic E-state index is 0.152. The summed E-state index contributed by atoms with van der Waals surface area (Å²) in [5.41, 5.74) is 5.36. The quantitative estimate of drug-likeness (QED) is 0.402. The fraction of sp³-hybridized carbons (Fsp3) is 0.548. The smallest absolute Gasteiger partial charge is 0.282 e. The second-order valence-corrected chi connectivity index (χ2v) is 12.9. The van der Waals surface area contributed by atoms with Gasteiger partial charge in [0.05, 0.1) is 27.0 Å². The van der Waals surface area contributed by atoms with Gasteiger partial charge in [-0.25, -0.2) is 0 Å². The Morgan fingerprint density at radius 3 is 2.58 bits per heavy atom. The van der Waals surface area contributed by atoms with Gasteiger partial charge in [0.25, 0.3) is 5.56 Å². The molecule has 0 amide bonds. The zero-order valence-corrected chi connectivity index (χ0v) is 22.5. The van der Waals surface area contributed by atoms with E-state index >= 15 is 0 Å². The Bertz CT molecular complexity index is 1390. The highest BCUT2D eigenvalue weighted by atomic mass is 35.5. The van der Waals surface area contributed by atoms with Gasteiger partial charge in [0.2, 0.25) is 0 Å². The van der Waals surface area contributed by atoms with Crippen LogP contribution in [0.3, 0.4) is 0 Å². The van der Waals surface area contributed by atoms with E-state index in [4.69, 9.17) is 16.6 Å². The Kier molecular flexibility index (Phi) is 5.84. The summed E-state index contributed by atoms with van der Waals surface area (Å²) in [5.74, 6) is 1.80. The van der Waals surface area contributed by atoms with Crippen LogP contribution < -0.4 is 5.56 Å². The van der Waals surface area contributed by atoms with Gasteiger partial charge in [-0.15, -0.1) is 0 Å². The van der Waals surface area contributed by atoms with Crippen molar-refractivity contribution in [3.05, 3.63) is 68.2 Å². The van der Waals surface area contributed by atoms with Crippen LogP contribution in [0.1, 0.15) is 107 Å². The molecule has 1 aromatic heterocycles. The molecule has 2 aromatic carbocycles. The molecule has 0 bridgehead atoms. The topological polar surface area (TPSA) is 55.1 Å². The van der Waals surface area contributed by atoms with Crippen molar-refractivity contribution in [2.75, 3.05) is 6.61 Å². The van der Waals surface area contributed by atoms with Gasteiger partial charge in [0, 0.05) is 6.61 Å². The molecule has 2 aliphatic carbocycles. The van der Waals surface area contributed by atoms with Crippen LogP contribution in [0, 0.1) is 5.92 Å². The van der Waals surface area contributed by atoms with Crippen molar-refractivity contribution in [3.8, 4) is 5.69 Å². The molecule has 2 unspecified atom stereocenters. The first-order chi connectivity index (χ1) is 17.2. The SMILES string of the molecule is CC(C)(C)c1ccc(Cl)c2c(=O)nc3n(c12)-c1ccc(C2CCCC(CO)C2)cc1C31CCCCC1. The summed E-state index contributed by atoms with van der Waals surface area (Å²) in [4.78, 5) is 18.4. The molecule has 3 aromatic rings. The maximum atomic E-state index is 13.6. The van der Waals surface area contributed by atoms with Crippen molar-refractivity contribution in [1.82, 2.24) is 9.55 Å². The lowest BCUT2D eigenvalue weighted by atomic mass is 9.68. The third-order valence-corrected chi connectivity index (χ3v) is 9.53. The average molecular weight is 505 g/mol. The zero-order valence-electron chi connectivity index (χ0n) is 21.7. The molecule has 190 valence electrons. The molecule has 2 atom stereocenters. The molecule has 2 heterocycles. The number of fused-ring (bicyclic) bond motifs is 7. The second kappa shape index (κ2) is 8.70. The Balaban J connectivity index is 1.64. The first-order valence-corrected chi connectivity index (χ1v) is 14.1. The van der Waals surface area contributed by atoms with E-state index in [0.717, 1.165) is 61.1 Å². The third-order valence-electron chi connectivity index (χ3n) is 9.22. The van der Waals surface area contributed by atoms with E-state index in [1.54, 1.807) is 0 Å². The van der Waals surface area contributed by atoms with Gasteiger partial charge >= 0.3 is 0 Å². The molecule has 3 aliphatic rings. The number of rotatable bonds is 2. The van der Waals surface area contributed by atoms with Gasteiger partial charge in [0.1, 0.15) is 5.82 Å². The first kappa shape index (κ1) is 24.2. The minimum Gasteiger partial charge on any atom is -0.396 e. The molecule has 1 N–H and O–H groups in total. The molecule has 2 saturated carbocycles. The van der Waals surface area contributed by atoms with E-state index in [1.165, 1.54) is 30.4 Å². The number of benzene rings is 2. The van der Waals surface area contributed by atoms with E-state index in [9.17, 15) is 9.90 Å². The Morgan fingerprint density at radius 2 is 1.86 bits per heavy atom. The number of aliphatic hydroxyl groups excluding tert-OH is 1. The first-order valence-electron chi connectivity index (χ1n) is 13.8. The maximum absolute atomic E-state index is 13.6. The molecule has 1 aliphatic heterocycles. The fourth-order valence-electron chi connectivity index (χ4n) is 7.39. The number of hydrogen-bond donors (Lipinski definition) is 1. The second-order valence-electron chi connectivity index (χ2n) is 12.5. The molecule has 1 spiro atoms. The molecule has 5 heteroatoms. The fourth-order valence-corrected chi connectivity index (χ4v) is 7.62. The molecular weight excluding hydrogens is 468 g/mol. The van der Waals surface area contributed by atoms with Crippen LogP contribution in [0.15, 0.2) is 35.1 Å². The van der Waals surface area contributed by atoms with Gasteiger partial charge in [-0.05, 0) is 78.2 Å². The molecule has 2 fully saturated rings. The predicted molar refractivity (Wildman–Crippen MR) is 147 cm³/mol. The highest BCUT2D eigenvalue weighted by molar-refractivity contribution is 6.35. The number of aromatic nitrogens is 2. The van der Waals surface area contributed by atoms with Crippen LogP contribution in [-0.2, 0) is 10.8 Å². The van der Waals surface area contributed by atoms with E-state index in [1.807, 2.05) is 6.07 Å². The van der Waals surface area contributed by atoms with Crippen LogP contribution in [-0.4, -0.2) is 21.3 Å². The number of nitrogens with zero attached hydrogens (tertiary/aromatic N) is 2. The predicted octanol–water partition coefficient (Wildman–Crippen LogP) is 7.17. The third kappa shape index (κ3) is 3.59. The normalized spacial score (nSPS) is 23.1. The number of hydrogen-bond acceptors (Lipinski definition) is 3. The van der Waals surface area contributed by atoms with Gasteiger partial charge < -0.3 is 5.11 Å².